The molecule has 2 aliphatic rings. The molecule has 41 heavy (non-hydrogen) atoms. The number of halogens is 1. The van der Waals surface area contributed by atoms with Crippen LogP contribution in [0.2, 0.25) is 0 Å². The molecule has 0 atom stereocenters. The number of nitrogens with one attached hydrogen (secondary N) is 3. The van der Waals surface area contributed by atoms with Crippen LogP contribution in [0.25, 0.3) is 22.6 Å². The number of aliphatic hydroxyl groups is 1. The highest BCUT2D eigenvalue weighted by Crippen LogP contribution is 2.35. The molecule has 1 fully saturated rings. The number of carbonyl (C=O) groups excluding carboxylic acids is 1. The highest BCUT2D eigenvalue weighted by atomic mass is 19.1. The van der Waals surface area contributed by atoms with E-state index in [-0.39, 0.29) is 31.5 Å². The summed E-state index contributed by atoms with van der Waals surface area (Å²) in [6, 6.07) is 7.81. The van der Waals surface area contributed by atoms with Crippen LogP contribution in [-0.4, -0.2) is 94.1 Å². The maximum atomic E-state index is 13.7. The van der Waals surface area contributed by atoms with Gasteiger partial charge < -0.3 is 30.2 Å². The number of amides is 1. The predicted molar refractivity (Wildman–Crippen MR) is 150 cm³/mol. The number of nitrogens with zero attached hydrogens (tertiary/aromatic N) is 5. The Kier molecular flexibility index (Phi) is 9.07. The summed E-state index contributed by atoms with van der Waals surface area (Å²) in [7, 11) is 0. The Morgan fingerprint density at radius 1 is 1.17 bits per heavy atom. The first-order valence-corrected chi connectivity index (χ1v) is 13.6. The predicted octanol–water partition coefficient (Wildman–Crippen LogP) is 2.15. The number of aromatic amines is 1. The van der Waals surface area contributed by atoms with Gasteiger partial charge in [-0.2, -0.15) is 0 Å². The average Bonchev–Trinajstić information content (AvgIpc) is 3.67. The van der Waals surface area contributed by atoms with Gasteiger partial charge in [0.25, 0.3) is 6.34 Å². The van der Waals surface area contributed by atoms with Crippen LogP contribution in [0.15, 0.2) is 41.5 Å². The molecule has 12 nitrogen and oxygen atoms in total. The van der Waals surface area contributed by atoms with Gasteiger partial charge >= 0.3 is 0 Å². The van der Waals surface area contributed by atoms with E-state index < -0.39 is 11.7 Å². The van der Waals surface area contributed by atoms with E-state index in [0.717, 1.165) is 19.5 Å². The second-order valence-electron chi connectivity index (χ2n) is 10.2. The number of aromatic nitrogens is 4. The lowest BCUT2D eigenvalue weighted by Gasteiger charge is -2.35. The summed E-state index contributed by atoms with van der Waals surface area (Å²) in [6.07, 6.45) is 5.88. The SMILES string of the molecule is CC1(C(=O)NCCCO)COC(c2nc(-c3ccc(F)cc3)c(-c3ccnc(NCCC[N+]4=CN=CC4)n3)[nH]2)OC1. The number of ether oxygens (including phenoxy) is 2. The number of rotatable bonds is 12. The monoisotopic (exact) mass is 565 g/mol. The van der Waals surface area contributed by atoms with E-state index in [1.807, 2.05) is 12.6 Å². The van der Waals surface area contributed by atoms with Crippen molar-refractivity contribution >= 4 is 24.4 Å². The first-order valence-electron chi connectivity index (χ1n) is 13.6. The summed E-state index contributed by atoms with van der Waals surface area (Å²) in [5.74, 6) is 0.315. The Bertz CT molecular complexity index is 1400. The zero-order valence-electron chi connectivity index (χ0n) is 22.8. The molecule has 4 N–H and O–H groups in total. The molecule has 2 aromatic heterocycles. The summed E-state index contributed by atoms with van der Waals surface area (Å²) < 4.78 is 27.7. The van der Waals surface area contributed by atoms with E-state index >= 15 is 0 Å². The Balaban J connectivity index is 1.32. The van der Waals surface area contributed by atoms with Gasteiger partial charge in [-0.25, -0.2) is 19.3 Å². The molecule has 5 rings (SSSR count). The first-order chi connectivity index (χ1) is 19.9. The number of carbonyl (C=O) groups is 1. The number of anilines is 1. The van der Waals surface area contributed by atoms with E-state index in [9.17, 15) is 9.18 Å². The van der Waals surface area contributed by atoms with Gasteiger partial charge in [-0.15, -0.1) is 0 Å². The van der Waals surface area contributed by atoms with Crippen LogP contribution in [0.5, 0.6) is 0 Å². The summed E-state index contributed by atoms with van der Waals surface area (Å²) in [5, 5.41) is 15.0. The Morgan fingerprint density at radius 3 is 2.71 bits per heavy atom. The molecule has 13 heteroatoms. The van der Waals surface area contributed by atoms with Crippen LogP contribution in [-0.2, 0) is 14.3 Å². The lowest BCUT2D eigenvalue weighted by Crippen LogP contribution is -2.48. The minimum Gasteiger partial charge on any atom is -0.396 e. The van der Waals surface area contributed by atoms with Crippen molar-refractivity contribution in [3.05, 3.63) is 48.2 Å². The van der Waals surface area contributed by atoms with Crippen molar-refractivity contribution in [2.75, 3.05) is 51.3 Å². The van der Waals surface area contributed by atoms with Gasteiger partial charge in [-0.1, -0.05) is 4.99 Å². The highest BCUT2D eigenvalue weighted by Gasteiger charge is 2.40. The number of hydrogen-bond acceptors (Lipinski definition) is 9. The molecule has 3 aromatic rings. The Labute approximate surface area is 236 Å². The second-order valence-corrected chi connectivity index (χ2v) is 10.2. The van der Waals surface area contributed by atoms with Gasteiger partial charge in [-0.05, 0) is 43.7 Å². The summed E-state index contributed by atoms with van der Waals surface area (Å²) in [4.78, 5) is 33.8. The molecule has 0 saturated carbocycles. The number of aliphatic hydroxyl groups excluding tert-OH is 1. The number of H-pyrrole nitrogens is 1. The fourth-order valence-corrected chi connectivity index (χ4v) is 4.45. The van der Waals surface area contributed by atoms with Gasteiger partial charge in [0.2, 0.25) is 18.1 Å². The van der Waals surface area contributed by atoms with Gasteiger partial charge in [-0.3, -0.25) is 9.37 Å². The smallest absolute Gasteiger partial charge is 0.281 e. The number of hydrogen-bond donors (Lipinski definition) is 4. The molecule has 0 radical (unpaired) electrons. The molecule has 0 unspecified atom stereocenters. The van der Waals surface area contributed by atoms with Crippen molar-refractivity contribution < 1.29 is 28.3 Å². The standard InChI is InChI=1S/C28H33FN8O4/c1-28(26(39)31-10-3-15-38)16-40-25(41-17-28)24-35-22(19-4-6-20(29)7-5-19)23(36-24)21-8-11-33-27(34-21)32-9-2-13-37-14-12-30-18-37/h4-8,11-12,18,25,38H,2-3,9-10,13-17H2,1H3,(H2-,31,32,33,34,35,36,39)/p+1. The average molecular weight is 566 g/mol. The lowest BCUT2D eigenvalue weighted by molar-refractivity contribution is -0.504. The molecule has 1 aromatic carbocycles. The number of benzene rings is 1. The zero-order chi connectivity index (χ0) is 28.7. The highest BCUT2D eigenvalue weighted by molar-refractivity contribution is 5.82. The first kappa shape index (κ1) is 28.5. The van der Waals surface area contributed by atoms with E-state index in [4.69, 9.17) is 24.5 Å². The third-order valence-corrected chi connectivity index (χ3v) is 6.81. The van der Waals surface area contributed by atoms with Gasteiger partial charge in [0.05, 0.1) is 42.3 Å². The fourth-order valence-electron chi connectivity index (χ4n) is 4.45. The Morgan fingerprint density at radius 2 is 1.98 bits per heavy atom. The molecule has 4 heterocycles. The van der Waals surface area contributed by atoms with E-state index in [1.165, 1.54) is 12.1 Å². The Hall–Kier alpha value is -4.07. The van der Waals surface area contributed by atoms with Crippen molar-refractivity contribution in [2.24, 2.45) is 10.4 Å². The summed E-state index contributed by atoms with van der Waals surface area (Å²) in [6.45, 7) is 4.76. The third kappa shape index (κ3) is 6.99. The quantitative estimate of drug-likeness (QED) is 0.193. The third-order valence-electron chi connectivity index (χ3n) is 6.81. The van der Waals surface area contributed by atoms with Crippen LogP contribution in [0.3, 0.4) is 0 Å². The molecule has 1 amide bonds. The van der Waals surface area contributed by atoms with Crippen LogP contribution in [0.4, 0.5) is 10.3 Å². The van der Waals surface area contributed by atoms with Crippen molar-refractivity contribution in [2.45, 2.75) is 26.1 Å². The molecular formula is C28H34FN8O4+. The van der Waals surface area contributed by atoms with Crippen LogP contribution < -0.4 is 10.6 Å². The molecule has 2 aliphatic heterocycles. The van der Waals surface area contributed by atoms with E-state index in [0.29, 0.717) is 53.9 Å². The lowest BCUT2D eigenvalue weighted by atomic mass is 9.91. The second kappa shape index (κ2) is 13.1. The topological polar surface area (TPSA) is 150 Å². The van der Waals surface area contributed by atoms with Gasteiger partial charge in [0.1, 0.15) is 12.4 Å². The summed E-state index contributed by atoms with van der Waals surface area (Å²) >= 11 is 0. The van der Waals surface area contributed by atoms with Crippen LogP contribution in [0.1, 0.15) is 31.9 Å². The van der Waals surface area contributed by atoms with Gasteiger partial charge in [0.15, 0.2) is 12.0 Å². The fraction of sp³-hybridized carbons (Fsp3) is 0.429. The van der Waals surface area contributed by atoms with Crippen molar-refractivity contribution in [1.29, 1.82) is 0 Å². The minimum atomic E-state index is -0.881. The number of imidazole rings is 1. The zero-order valence-corrected chi connectivity index (χ0v) is 22.8. The molecule has 0 bridgehead atoms. The van der Waals surface area contributed by atoms with E-state index in [2.05, 4.69) is 30.2 Å². The van der Waals surface area contributed by atoms with Crippen molar-refractivity contribution in [1.82, 2.24) is 25.3 Å². The molecule has 0 aliphatic carbocycles. The molecule has 216 valence electrons. The van der Waals surface area contributed by atoms with Crippen LogP contribution in [0, 0.1) is 11.2 Å². The molecular weight excluding hydrogens is 531 g/mol. The molecule has 0 spiro atoms. The number of aliphatic imine (C=N–C) groups is 1. The van der Waals surface area contributed by atoms with Crippen molar-refractivity contribution in [3.8, 4) is 22.6 Å². The van der Waals surface area contributed by atoms with Gasteiger partial charge in [0, 0.05) is 37.9 Å². The maximum absolute atomic E-state index is 13.7. The largest absolute Gasteiger partial charge is 0.396 e. The van der Waals surface area contributed by atoms with E-state index in [1.54, 1.807) is 31.3 Å². The maximum Gasteiger partial charge on any atom is 0.281 e. The van der Waals surface area contributed by atoms with Crippen molar-refractivity contribution in [3.63, 3.8) is 0 Å². The summed E-state index contributed by atoms with van der Waals surface area (Å²) in [5.41, 5.74) is 1.55. The molecule has 1 saturated heterocycles. The minimum absolute atomic E-state index is 0.000601. The van der Waals surface area contributed by atoms with Crippen LogP contribution >= 0.6 is 0 Å². The normalized spacial score (nSPS) is 20.2.